The van der Waals surface area contributed by atoms with Crippen molar-refractivity contribution in [2.45, 2.75) is 18.6 Å². The lowest BCUT2D eigenvalue weighted by Crippen LogP contribution is -2.26. The lowest BCUT2D eigenvalue weighted by molar-refractivity contribution is 0.112. The first-order chi connectivity index (χ1) is 7.97. The summed E-state index contributed by atoms with van der Waals surface area (Å²) in [7, 11) is -4.10. The first kappa shape index (κ1) is 13.7. The van der Waals surface area contributed by atoms with Crippen molar-refractivity contribution in [3.63, 3.8) is 0 Å². The molecule has 0 saturated carbocycles. The highest BCUT2D eigenvalue weighted by molar-refractivity contribution is 7.86. The molecule has 5 nitrogen and oxygen atoms in total. The summed E-state index contributed by atoms with van der Waals surface area (Å²) in [5, 5.41) is -0.956. The van der Waals surface area contributed by atoms with Crippen LogP contribution >= 0.6 is 0 Å². The summed E-state index contributed by atoms with van der Waals surface area (Å²) >= 11 is 0. The summed E-state index contributed by atoms with van der Waals surface area (Å²) in [5.41, 5.74) is 0.447. The van der Waals surface area contributed by atoms with Crippen molar-refractivity contribution >= 4 is 16.4 Å². The third kappa shape index (κ3) is 4.16. The Kier molecular flexibility index (Phi) is 4.65. The number of aldehydes is 1. The van der Waals surface area contributed by atoms with E-state index in [0.29, 0.717) is 17.6 Å². The minimum atomic E-state index is -4.10. The quantitative estimate of drug-likeness (QED) is 0.618. The van der Waals surface area contributed by atoms with Crippen LogP contribution in [0.5, 0.6) is 5.75 Å². The van der Waals surface area contributed by atoms with E-state index in [0.717, 1.165) is 0 Å². The first-order valence-corrected chi connectivity index (χ1v) is 6.62. The highest BCUT2D eigenvalue weighted by Crippen LogP contribution is 2.14. The van der Waals surface area contributed by atoms with Gasteiger partial charge in [-0.3, -0.25) is 9.35 Å². The van der Waals surface area contributed by atoms with Crippen LogP contribution in [0.15, 0.2) is 24.3 Å². The Morgan fingerprint density at radius 3 is 2.71 bits per heavy atom. The van der Waals surface area contributed by atoms with E-state index < -0.39 is 15.4 Å². The number of benzene rings is 1. The van der Waals surface area contributed by atoms with Crippen LogP contribution in [0.3, 0.4) is 0 Å². The fourth-order valence-corrected chi connectivity index (χ4v) is 1.94. The summed E-state index contributed by atoms with van der Waals surface area (Å²) in [6, 6.07) is 6.36. The van der Waals surface area contributed by atoms with Gasteiger partial charge in [0.2, 0.25) is 0 Å². The average Bonchev–Trinajstić information content (AvgIpc) is 2.28. The zero-order valence-corrected chi connectivity index (χ0v) is 10.2. The molecule has 0 bridgehead atoms. The Morgan fingerprint density at radius 1 is 1.47 bits per heavy atom. The monoisotopic (exact) mass is 258 g/mol. The minimum absolute atomic E-state index is 0.141. The van der Waals surface area contributed by atoms with Gasteiger partial charge in [-0.25, -0.2) is 0 Å². The maximum absolute atomic E-state index is 10.9. The third-order valence-electron chi connectivity index (χ3n) is 2.31. The van der Waals surface area contributed by atoms with Gasteiger partial charge >= 0.3 is 0 Å². The van der Waals surface area contributed by atoms with E-state index in [4.69, 9.17) is 9.29 Å². The van der Waals surface area contributed by atoms with Crippen molar-refractivity contribution in [3.8, 4) is 5.75 Å². The van der Waals surface area contributed by atoms with Crippen LogP contribution in [0.4, 0.5) is 0 Å². The lowest BCUT2D eigenvalue weighted by Gasteiger charge is -2.13. The molecule has 1 rings (SSSR count). The summed E-state index contributed by atoms with van der Waals surface area (Å²) in [5.74, 6) is 0.400. The summed E-state index contributed by atoms with van der Waals surface area (Å²) in [6.45, 7) is 1.50. The van der Waals surface area contributed by atoms with Crippen LogP contribution in [-0.4, -0.2) is 31.1 Å². The molecule has 0 amide bonds. The molecule has 1 N–H and O–H groups in total. The molecule has 0 saturated heterocycles. The number of carbonyl (C=O) groups is 1. The molecule has 0 aliphatic rings. The molecule has 0 aliphatic heterocycles. The van der Waals surface area contributed by atoms with E-state index >= 15 is 0 Å². The fourth-order valence-electron chi connectivity index (χ4n) is 1.28. The van der Waals surface area contributed by atoms with Crippen LogP contribution in [-0.2, 0) is 10.1 Å². The van der Waals surface area contributed by atoms with Gasteiger partial charge in [0.15, 0.2) is 0 Å². The highest BCUT2D eigenvalue weighted by Gasteiger charge is 2.21. The van der Waals surface area contributed by atoms with Gasteiger partial charge in [-0.1, -0.05) is 19.1 Å². The largest absolute Gasteiger partial charge is 0.492 e. The Labute approximate surface area is 100 Å². The van der Waals surface area contributed by atoms with Crippen molar-refractivity contribution in [3.05, 3.63) is 29.8 Å². The minimum Gasteiger partial charge on any atom is -0.492 e. The second-order valence-corrected chi connectivity index (χ2v) is 5.24. The predicted octanol–water partition coefficient (Wildman–Crippen LogP) is 1.54. The Balaban J connectivity index is 2.69. The highest BCUT2D eigenvalue weighted by atomic mass is 32.2. The van der Waals surface area contributed by atoms with Crippen LogP contribution in [0.1, 0.15) is 23.7 Å². The van der Waals surface area contributed by atoms with E-state index in [1.54, 1.807) is 25.1 Å². The van der Waals surface area contributed by atoms with Crippen LogP contribution in [0, 0.1) is 0 Å². The molecule has 0 fully saturated rings. The van der Waals surface area contributed by atoms with E-state index in [2.05, 4.69) is 0 Å². The second-order valence-electron chi connectivity index (χ2n) is 3.55. The number of ether oxygens (including phenoxy) is 1. The molecule has 1 unspecified atom stereocenters. The van der Waals surface area contributed by atoms with Gasteiger partial charge in [-0.05, 0) is 18.6 Å². The van der Waals surface area contributed by atoms with E-state index in [1.807, 2.05) is 0 Å². The molecule has 0 heterocycles. The molecule has 1 aromatic carbocycles. The molecule has 94 valence electrons. The number of rotatable bonds is 6. The Hall–Kier alpha value is -1.40. The van der Waals surface area contributed by atoms with E-state index in [-0.39, 0.29) is 13.0 Å². The number of hydrogen-bond acceptors (Lipinski definition) is 4. The molecule has 17 heavy (non-hydrogen) atoms. The first-order valence-electron chi connectivity index (χ1n) is 5.11. The molecule has 0 spiro atoms. The van der Waals surface area contributed by atoms with Gasteiger partial charge in [-0.15, -0.1) is 0 Å². The molecular formula is C11H14O5S. The molecule has 0 radical (unpaired) electrons. The van der Waals surface area contributed by atoms with Crippen molar-refractivity contribution in [1.29, 1.82) is 0 Å². The molecule has 0 aromatic heterocycles. The third-order valence-corrected chi connectivity index (χ3v) is 3.62. The van der Waals surface area contributed by atoms with Gasteiger partial charge in [0.1, 0.15) is 23.9 Å². The van der Waals surface area contributed by atoms with Crippen LogP contribution in [0.25, 0.3) is 0 Å². The normalized spacial score (nSPS) is 13.1. The summed E-state index contributed by atoms with van der Waals surface area (Å²) in [4.78, 5) is 10.5. The van der Waals surface area contributed by atoms with Crippen molar-refractivity contribution in [1.82, 2.24) is 0 Å². The van der Waals surface area contributed by atoms with Crippen molar-refractivity contribution < 1.29 is 22.5 Å². The van der Waals surface area contributed by atoms with Gasteiger partial charge in [0.05, 0.1) is 0 Å². The molecule has 0 aliphatic carbocycles. The molecule has 1 aromatic rings. The van der Waals surface area contributed by atoms with Gasteiger partial charge in [0, 0.05) is 5.56 Å². The maximum Gasteiger partial charge on any atom is 0.271 e. The Bertz CT molecular complexity index is 480. The predicted molar refractivity (Wildman–Crippen MR) is 63.0 cm³/mol. The van der Waals surface area contributed by atoms with E-state index in [1.165, 1.54) is 6.07 Å². The lowest BCUT2D eigenvalue weighted by atomic mass is 10.2. The average molecular weight is 258 g/mol. The SMILES string of the molecule is CCC(COc1cccc(C=O)c1)S(=O)(=O)O. The molecule has 1 atom stereocenters. The smallest absolute Gasteiger partial charge is 0.271 e. The summed E-state index contributed by atoms with van der Waals surface area (Å²) in [6.07, 6.45) is 0.930. The summed E-state index contributed by atoms with van der Waals surface area (Å²) < 4.78 is 36.0. The van der Waals surface area contributed by atoms with Gasteiger partial charge in [-0.2, -0.15) is 8.42 Å². The van der Waals surface area contributed by atoms with Crippen LogP contribution in [0.2, 0.25) is 0 Å². The topological polar surface area (TPSA) is 80.7 Å². The standard InChI is InChI=1S/C11H14O5S/c1-2-11(17(13,14)15)8-16-10-5-3-4-9(6-10)7-12/h3-7,11H,2,8H2,1H3,(H,13,14,15). The molecule has 6 heteroatoms. The van der Waals surface area contributed by atoms with E-state index in [9.17, 15) is 13.2 Å². The maximum atomic E-state index is 10.9. The van der Waals surface area contributed by atoms with Crippen molar-refractivity contribution in [2.75, 3.05) is 6.61 Å². The number of hydrogen-bond donors (Lipinski definition) is 1. The zero-order valence-electron chi connectivity index (χ0n) is 9.37. The van der Waals surface area contributed by atoms with Crippen LogP contribution < -0.4 is 4.74 Å². The number of carbonyl (C=O) groups excluding carboxylic acids is 1. The zero-order chi connectivity index (χ0) is 12.9. The van der Waals surface area contributed by atoms with Gasteiger partial charge in [0.25, 0.3) is 10.1 Å². The fraction of sp³-hybridized carbons (Fsp3) is 0.364. The van der Waals surface area contributed by atoms with Gasteiger partial charge < -0.3 is 4.74 Å². The Morgan fingerprint density at radius 2 is 2.18 bits per heavy atom. The van der Waals surface area contributed by atoms with Crippen molar-refractivity contribution in [2.24, 2.45) is 0 Å². The second kappa shape index (κ2) is 5.79. The molecular weight excluding hydrogens is 244 g/mol.